The zero-order valence-corrected chi connectivity index (χ0v) is 12.7. The van der Waals surface area contributed by atoms with Gasteiger partial charge in [0.25, 0.3) is 0 Å². The predicted molar refractivity (Wildman–Crippen MR) is 78.4 cm³/mol. The summed E-state index contributed by atoms with van der Waals surface area (Å²) >= 11 is 3.07. The predicted octanol–water partition coefficient (Wildman–Crippen LogP) is 3.87. The van der Waals surface area contributed by atoms with Crippen LogP contribution in [0, 0.1) is 5.82 Å². The lowest BCUT2D eigenvalue weighted by molar-refractivity contribution is 0.0693. The molecule has 0 heterocycles. The van der Waals surface area contributed by atoms with Crippen molar-refractivity contribution in [2.45, 2.75) is 6.61 Å². The average Bonchev–Trinajstić information content (AvgIpc) is 2.48. The Morgan fingerprint density at radius 3 is 2.67 bits per heavy atom. The van der Waals surface area contributed by atoms with Crippen LogP contribution in [-0.2, 0) is 6.61 Å². The molecule has 0 fully saturated rings. The molecule has 2 rings (SSSR count). The van der Waals surface area contributed by atoms with Gasteiger partial charge in [0.05, 0.1) is 11.6 Å². The summed E-state index contributed by atoms with van der Waals surface area (Å²) in [6, 6.07) is 9.07. The van der Waals surface area contributed by atoms with Crippen LogP contribution in [0.25, 0.3) is 0 Å². The Morgan fingerprint density at radius 2 is 2.05 bits per heavy atom. The molecule has 0 saturated heterocycles. The van der Waals surface area contributed by atoms with Gasteiger partial charge in [-0.2, -0.15) is 0 Å². The molecule has 2 aromatic rings. The molecule has 0 aromatic heterocycles. The van der Waals surface area contributed by atoms with E-state index < -0.39 is 5.97 Å². The standard InChI is InChI=1S/C15H12BrFO4/c1-20-14-5-2-9(6-11(14)15(18)19)8-21-10-3-4-13(17)12(16)7-10/h2-7H,8H2,1H3,(H,18,19). The summed E-state index contributed by atoms with van der Waals surface area (Å²) in [5.74, 6) is -0.676. The molecule has 0 aliphatic rings. The van der Waals surface area contributed by atoms with Gasteiger partial charge in [-0.25, -0.2) is 9.18 Å². The summed E-state index contributed by atoms with van der Waals surface area (Å²) in [6.45, 7) is 0.169. The van der Waals surface area contributed by atoms with Gasteiger partial charge in [-0.05, 0) is 51.8 Å². The molecule has 21 heavy (non-hydrogen) atoms. The number of carboxylic acids is 1. The molecule has 110 valence electrons. The summed E-state index contributed by atoms with van der Waals surface area (Å²) in [5.41, 5.74) is 0.743. The fraction of sp³-hybridized carbons (Fsp3) is 0.133. The minimum Gasteiger partial charge on any atom is -0.496 e. The van der Waals surface area contributed by atoms with E-state index in [-0.39, 0.29) is 23.7 Å². The van der Waals surface area contributed by atoms with Crippen molar-refractivity contribution in [1.29, 1.82) is 0 Å². The van der Waals surface area contributed by atoms with E-state index in [2.05, 4.69) is 15.9 Å². The highest BCUT2D eigenvalue weighted by molar-refractivity contribution is 9.10. The van der Waals surface area contributed by atoms with Gasteiger partial charge in [0.15, 0.2) is 0 Å². The van der Waals surface area contributed by atoms with E-state index in [9.17, 15) is 9.18 Å². The molecule has 0 bridgehead atoms. The number of hydrogen-bond acceptors (Lipinski definition) is 3. The number of aromatic carboxylic acids is 1. The molecule has 0 amide bonds. The highest BCUT2D eigenvalue weighted by atomic mass is 79.9. The second-order valence-electron chi connectivity index (χ2n) is 4.20. The van der Waals surface area contributed by atoms with Gasteiger partial charge in [-0.1, -0.05) is 6.07 Å². The van der Waals surface area contributed by atoms with E-state index in [4.69, 9.17) is 14.6 Å². The first-order valence-corrected chi connectivity index (χ1v) is 6.78. The largest absolute Gasteiger partial charge is 0.496 e. The first-order valence-electron chi connectivity index (χ1n) is 5.99. The Labute approximate surface area is 129 Å². The normalized spacial score (nSPS) is 10.2. The maximum atomic E-state index is 13.1. The number of rotatable bonds is 5. The lowest BCUT2D eigenvalue weighted by atomic mass is 10.1. The summed E-state index contributed by atoms with van der Waals surface area (Å²) in [5, 5.41) is 9.10. The summed E-state index contributed by atoms with van der Waals surface area (Å²) < 4.78 is 23.9. The van der Waals surface area contributed by atoms with E-state index in [0.717, 1.165) is 0 Å². The molecule has 0 saturated carbocycles. The maximum Gasteiger partial charge on any atom is 0.339 e. The molecule has 0 unspecified atom stereocenters. The lowest BCUT2D eigenvalue weighted by Crippen LogP contribution is -2.03. The molecular formula is C15H12BrFO4. The van der Waals surface area contributed by atoms with Crippen molar-refractivity contribution in [3.63, 3.8) is 0 Å². The van der Waals surface area contributed by atoms with Gasteiger partial charge >= 0.3 is 5.97 Å². The van der Waals surface area contributed by atoms with Crippen LogP contribution in [0.5, 0.6) is 11.5 Å². The van der Waals surface area contributed by atoms with Crippen LogP contribution in [0.15, 0.2) is 40.9 Å². The zero-order valence-electron chi connectivity index (χ0n) is 11.1. The van der Waals surface area contributed by atoms with Gasteiger partial charge in [0.2, 0.25) is 0 Å². The first kappa shape index (κ1) is 15.3. The van der Waals surface area contributed by atoms with Gasteiger partial charge in [0, 0.05) is 0 Å². The number of carbonyl (C=O) groups is 1. The number of benzene rings is 2. The van der Waals surface area contributed by atoms with Crippen molar-refractivity contribution in [3.8, 4) is 11.5 Å². The fourth-order valence-electron chi connectivity index (χ4n) is 1.75. The second-order valence-corrected chi connectivity index (χ2v) is 5.06. The van der Waals surface area contributed by atoms with Crippen LogP contribution in [-0.4, -0.2) is 18.2 Å². The van der Waals surface area contributed by atoms with E-state index in [1.807, 2.05) is 0 Å². The van der Waals surface area contributed by atoms with Crippen molar-refractivity contribution < 1.29 is 23.8 Å². The molecule has 6 heteroatoms. The van der Waals surface area contributed by atoms with Gasteiger partial charge in [0.1, 0.15) is 29.5 Å². The van der Waals surface area contributed by atoms with Crippen LogP contribution < -0.4 is 9.47 Å². The van der Waals surface area contributed by atoms with Crippen molar-refractivity contribution in [1.82, 2.24) is 0 Å². The van der Waals surface area contributed by atoms with E-state index >= 15 is 0 Å². The van der Waals surface area contributed by atoms with Crippen molar-refractivity contribution in [2.24, 2.45) is 0 Å². The average molecular weight is 355 g/mol. The van der Waals surface area contributed by atoms with Crippen LogP contribution in [0.3, 0.4) is 0 Å². The van der Waals surface area contributed by atoms with Crippen LogP contribution in [0.4, 0.5) is 4.39 Å². The fourth-order valence-corrected chi connectivity index (χ4v) is 2.10. The molecular weight excluding hydrogens is 343 g/mol. The first-order chi connectivity index (χ1) is 10.0. The summed E-state index contributed by atoms with van der Waals surface area (Å²) in [7, 11) is 1.41. The SMILES string of the molecule is COc1ccc(COc2ccc(F)c(Br)c2)cc1C(=O)O. The Balaban J connectivity index is 2.14. The van der Waals surface area contributed by atoms with Crippen LogP contribution >= 0.6 is 15.9 Å². The Morgan fingerprint density at radius 1 is 1.29 bits per heavy atom. The molecule has 0 aliphatic heterocycles. The summed E-state index contributed by atoms with van der Waals surface area (Å²) in [4.78, 5) is 11.1. The molecule has 0 spiro atoms. The maximum absolute atomic E-state index is 13.1. The quantitative estimate of drug-likeness (QED) is 0.885. The zero-order chi connectivity index (χ0) is 15.4. The minimum atomic E-state index is -1.07. The Hall–Kier alpha value is -2.08. The number of carboxylic acid groups (broad SMARTS) is 1. The number of ether oxygens (including phenoxy) is 2. The molecule has 2 aromatic carbocycles. The molecule has 1 N–H and O–H groups in total. The van der Waals surface area contributed by atoms with Crippen molar-refractivity contribution in [3.05, 3.63) is 57.8 Å². The molecule has 0 radical (unpaired) electrons. The topological polar surface area (TPSA) is 55.8 Å². The van der Waals surface area contributed by atoms with Crippen molar-refractivity contribution >= 4 is 21.9 Å². The third-order valence-corrected chi connectivity index (χ3v) is 3.40. The van der Waals surface area contributed by atoms with E-state index in [0.29, 0.717) is 15.8 Å². The lowest BCUT2D eigenvalue weighted by Gasteiger charge is -2.10. The smallest absolute Gasteiger partial charge is 0.339 e. The van der Waals surface area contributed by atoms with Crippen LogP contribution in [0.2, 0.25) is 0 Å². The third kappa shape index (κ3) is 3.72. The number of methoxy groups -OCH3 is 1. The van der Waals surface area contributed by atoms with E-state index in [1.165, 1.54) is 31.4 Å². The Bertz CT molecular complexity index is 673. The van der Waals surface area contributed by atoms with Crippen LogP contribution in [0.1, 0.15) is 15.9 Å². The monoisotopic (exact) mass is 354 g/mol. The molecule has 0 aliphatic carbocycles. The minimum absolute atomic E-state index is 0.0684. The third-order valence-electron chi connectivity index (χ3n) is 2.79. The highest BCUT2D eigenvalue weighted by Gasteiger charge is 2.12. The van der Waals surface area contributed by atoms with Crippen molar-refractivity contribution in [2.75, 3.05) is 7.11 Å². The molecule has 4 nitrogen and oxygen atoms in total. The molecule has 0 atom stereocenters. The second kappa shape index (κ2) is 6.58. The number of hydrogen-bond donors (Lipinski definition) is 1. The van der Waals surface area contributed by atoms with Gasteiger partial charge in [-0.15, -0.1) is 0 Å². The highest BCUT2D eigenvalue weighted by Crippen LogP contribution is 2.24. The van der Waals surface area contributed by atoms with E-state index in [1.54, 1.807) is 12.1 Å². The van der Waals surface area contributed by atoms with Gasteiger partial charge in [-0.3, -0.25) is 0 Å². The Kier molecular flexibility index (Phi) is 4.80. The van der Waals surface area contributed by atoms with Gasteiger partial charge < -0.3 is 14.6 Å². The summed E-state index contributed by atoms with van der Waals surface area (Å²) in [6.07, 6.45) is 0. The number of halogens is 2.